The Balaban J connectivity index is 3.00. The summed E-state index contributed by atoms with van der Waals surface area (Å²) >= 11 is 0. The molecule has 0 bridgehead atoms. The topological polar surface area (TPSA) is 58.9 Å². The Morgan fingerprint density at radius 2 is 0.806 bits per heavy atom. The third-order valence-electron chi connectivity index (χ3n) is 5.84. The molecule has 2 aromatic rings. The molecule has 2 aromatic carbocycles. The van der Waals surface area contributed by atoms with E-state index in [1.165, 1.54) is 0 Å². The van der Waals surface area contributed by atoms with Gasteiger partial charge in [-0.05, 0) is 45.9 Å². The summed E-state index contributed by atoms with van der Waals surface area (Å²) in [6.07, 6.45) is 3.38. The van der Waals surface area contributed by atoms with Crippen LogP contribution in [0.25, 0.3) is 0 Å². The number of isocyanates is 2. The lowest BCUT2D eigenvalue weighted by molar-refractivity contribution is 0.514. The van der Waals surface area contributed by atoms with Gasteiger partial charge in [0.25, 0.3) is 0 Å². The highest BCUT2D eigenvalue weighted by molar-refractivity contribution is 5.53. The minimum atomic E-state index is -1.51. The van der Waals surface area contributed by atoms with E-state index in [2.05, 4.69) is 77.5 Å². The Labute approximate surface area is 186 Å². The molecule has 4 nitrogen and oxygen atoms in total. The van der Waals surface area contributed by atoms with E-state index >= 15 is 0 Å². The third-order valence-corrected chi connectivity index (χ3v) is 5.84. The van der Waals surface area contributed by atoms with Crippen LogP contribution in [0.4, 0.5) is 0 Å². The van der Waals surface area contributed by atoms with Crippen LogP contribution in [0, 0.1) is 0 Å². The molecule has 0 amide bonds. The minimum Gasteiger partial charge on any atom is -0.211 e. The molecule has 164 valence electrons. The van der Waals surface area contributed by atoms with Gasteiger partial charge in [-0.3, -0.25) is 0 Å². The van der Waals surface area contributed by atoms with Gasteiger partial charge in [0.05, 0.1) is 0 Å². The average molecular weight is 419 g/mol. The predicted octanol–water partition coefficient (Wildman–Crippen LogP) is 7.05. The van der Waals surface area contributed by atoms with Gasteiger partial charge in [0.2, 0.25) is 17.8 Å². The van der Waals surface area contributed by atoms with Crippen LogP contribution in [0.2, 0.25) is 0 Å². The SMILES string of the molecule is CC(C)c1cc(C(C)C)cc(C(N=C=O)(N=C=O)c2cc(C(C)C)cc(C(C)C)c2)c1. The van der Waals surface area contributed by atoms with Gasteiger partial charge in [-0.1, -0.05) is 91.8 Å². The van der Waals surface area contributed by atoms with Crippen molar-refractivity contribution in [2.45, 2.75) is 84.7 Å². The highest BCUT2D eigenvalue weighted by atomic mass is 16.1. The fourth-order valence-electron chi connectivity index (χ4n) is 3.67. The smallest absolute Gasteiger partial charge is 0.211 e. The van der Waals surface area contributed by atoms with Gasteiger partial charge in [0, 0.05) is 11.1 Å². The van der Waals surface area contributed by atoms with E-state index in [-0.39, 0.29) is 23.7 Å². The van der Waals surface area contributed by atoms with Crippen LogP contribution in [0.5, 0.6) is 0 Å². The summed E-state index contributed by atoms with van der Waals surface area (Å²) in [5.41, 5.74) is 4.30. The van der Waals surface area contributed by atoms with Crippen molar-refractivity contribution >= 4 is 12.2 Å². The first kappa shape index (κ1) is 24.5. The number of hydrogen-bond acceptors (Lipinski definition) is 4. The maximum Gasteiger partial charge on any atom is 0.238 e. The van der Waals surface area contributed by atoms with Crippen LogP contribution in [0.15, 0.2) is 46.4 Å². The molecular formula is C27H34N2O2. The summed E-state index contributed by atoms with van der Waals surface area (Å²) in [4.78, 5) is 31.6. The van der Waals surface area contributed by atoms with Crippen molar-refractivity contribution in [3.8, 4) is 0 Å². The van der Waals surface area contributed by atoms with E-state index in [0.29, 0.717) is 11.1 Å². The Hall–Kier alpha value is -2.80. The van der Waals surface area contributed by atoms with Gasteiger partial charge in [-0.2, -0.15) is 9.98 Å². The fourth-order valence-corrected chi connectivity index (χ4v) is 3.67. The van der Waals surface area contributed by atoms with Gasteiger partial charge in [0.1, 0.15) is 0 Å². The molecule has 4 heteroatoms. The van der Waals surface area contributed by atoms with Crippen molar-refractivity contribution in [3.05, 3.63) is 69.8 Å². The number of benzene rings is 2. The van der Waals surface area contributed by atoms with Crippen LogP contribution in [-0.4, -0.2) is 12.2 Å². The number of aliphatic imine (C=N–C) groups is 2. The lowest BCUT2D eigenvalue weighted by Crippen LogP contribution is -2.24. The quantitative estimate of drug-likeness (QED) is 0.340. The van der Waals surface area contributed by atoms with Crippen LogP contribution < -0.4 is 0 Å². The van der Waals surface area contributed by atoms with Crippen molar-refractivity contribution < 1.29 is 9.59 Å². The molecule has 0 heterocycles. The van der Waals surface area contributed by atoms with Crippen molar-refractivity contribution in [2.24, 2.45) is 9.98 Å². The molecule has 0 saturated carbocycles. The summed E-state index contributed by atoms with van der Waals surface area (Å²) in [6, 6.07) is 12.3. The number of carbonyl (C=O) groups excluding carboxylic acids is 2. The summed E-state index contributed by atoms with van der Waals surface area (Å²) in [6.45, 7) is 16.9. The second-order valence-electron chi connectivity index (χ2n) is 9.47. The standard InChI is InChI=1S/C27H34N2O2/c1-17(2)21-9-22(18(3)4)12-25(11-21)27(28-15-30,29-16-31)26-13-23(19(5)6)10-24(14-26)20(7)8/h9-14,17-20H,1-8H3. The number of rotatable bonds is 8. The molecule has 2 rings (SSSR count). The Morgan fingerprint density at radius 3 is 1.00 bits per heavy atom. The van der Waals surface area contributed by atoms with Gasteiger partial charge in [-0.15, -0.1) is 0 Å². The van der Waals surface area contributed by atoms with E-state index in [0.717, 1.165) is 22.3 Å². The first-order valence-electron chi connectivity index (χ1n) is 11.0. The molecule has 0 aliphatic rings. The molecule has 0 aromatic heterocycles. The van der Waals surface area contributed by atoms with Gasteiger partial charge in [-0.25, -0.2) is 9.59 Å². The summed E-state index contributed by atoms with van der Waals surface area (Å²) < 4.78 is 0. The Bertz CT molecular complexity index is 886. The minimum absolute atomic E-state index is 0.267. The molecule has 0 spiro atoms. The summed E-state index contributed by atoms with van der Waals surface area (Å²) in [5.74, 6) is 1.07. The molecule has 0 saturated heterocycles. The van der Waals surface area contributed by atoms with Crippen LogP contribution >= 0.6 is 0 Å². The monoisotopic (exact) mass is 418 g/mol. The van der Waals surface area contributed by atoms with Crippen LogP contribution in [0.1, 0.15) is 112 Å². The second-order valence-corrected chi connectivity index (χ2v) is 9.47. The molecule has 0 atom stereocenters. The zero-order chi connectivity index (χ0) is 23.3. The van der Waals surface area contributed by atoms with E-state index in [9.17, 15) is 9.59 Å². The van der Waals surface area contributed by atoms with E-state index in [1.54, 1.807) is 12.2 Å². The molecule has 0 N–H and O–H groups in total. The molecule has 31 heavy (non-hydrogen) atoms. The molecule has 0 radical (unpaired) electrons. The van der Waals surface area contributed by atoms with E-state index in [4.69, 9.17) is 0 Å². The molecular weight excluding hydrogens is 384 g/mol. The average Bonchev–Trinajstić information content (AvgIpc) is 2.72. The van der Waals surface area contributed by atoms with E-state index in [1.807, 2.05) is 24.3 Å². The summed E-state index contributed by atoms with van der Waals surface area (Å²) in [5, 5.41) is 0. The van der Waals surface area contributed by atoms with Gasteiger partial charge in [0.15, 0.2) is 0 Å². The van der Waals surface area contributed by atoms with Crippen molar-refractivity contribution in [2.75, 3.05) is 0 Å². The van der Waals surface area contributed by atoms with Crippen molar-refractivity contribution in [1.82, 2.24) is 0 Å². The summed E-state index contributed by atoms with van der Waals surface area (Å²) in [7, 11) is 0. The lowest BCUT2D eigenvalue weighted by Gasteiger charge is -2.28. The molecule has 0 aliphatic carbocycles. The number of hydrogen-bond donors (Lipinski definition) is 0. The lowest BCUT2D eigenvalue weighted by atomic mass is 9.83. The number of nitrogens with zero attached hydrogens (tertiary/aromatic N) is 2. The maximum absolute atomic E-state index is 11.6. The first-order chi connectivity index (χ1) is 14.5. The molecule has 0 unspecified atom stereocenters. The van der Waals surface area contributed by atoms with Crippen LogP contribution in [-0.2, 0) is 15.3 Å². The second kappa shape index (κ2) is 10.0. The highest BCUT2D eigenvalue weighted by Crippen LogP contribution is 2.40. The Morgan fingerprint density at radius 1 is 0.548 bits per heavy atom. The first-order valence-corrected chi connectivity index (χ1v) is 11.0. The normalized spacial score (nSPS) is 11.7. The molecule has 0 aliphatic heterocycles. The predicted molar refractivity (Wildman–Crippen MR) is 126 cm³/mol. The van der Waals surface area contributed by atoms with Crippen LogP contribution in [0.3, 0.4) is 0 Å². The molecule has 0 fully saturated rings. The van der Waals surface area contributed by atoms with E-state index < -0.39 is 5.66 Å². The zero-order valence-corrected chi connectivity index (χ0v) is 20.0. The zero-order valence-electron chi connectivity index (χ0n) is 20.0. The maximum atomic E-state index is 11.6. The van der Waals surface area contributed by atoms with Crippen molar-refractivity contribution in [1.29, 1.82) is 0 Å². The fraction of sp³-hybridized carbons (Fsp3) is 0.481. The van der Waals surface area contributed by atoms with Gasteiger partial charge >= 0.3 is 0 Å². The largest absolute Gasteiger partial charge is 0.238 e. The van der Waals surface area contributed by atoms with Gasteiger partial charge < -0.3 is 0 Å². The Kier molecular flexibility index (Phi) is 7.90. The highest BCUT2D eigenvalue weighted by Gasteiger charge is 2.36. The van der Waals surface area contributed by atoms with Crippen molar-refractivity contribution in [3.63, 3.8) is 0 Å². The third kappa shape index (κ3) is 5.28.